The van der Waals surface area contributed by atoms with Crippen molar-refractivity contribution in [1.29, 1.82) is 0 Å². The molecule has 1 aliphatic heterocycles. The van der Waals surface area contributed by atoms with Gasteiger partial charge in [-0.05, 0) is 36.6 Å². The number of benzene rings is 1. The molecule has 1 saturated heterocycles. The Morgan fingerprint density at radius 2 is 1.83 bits per heavy atom. The summed E-state index contributed by atoms with van der Waals surface area (Å²) in [5, 5.41) is 4.75. The van der Waals surface area contributed by atoms with Crippen LogP contribution >= 0.6 is 11.3 Å². The van der Waals surface area contributed by atoms with Gasteiger partial charge in [0.15, 0.2) is 0 Å². The van der Waals surface area contributed by atoms with Crippen LogP contribution in [0.3, 0.4) is 0 Å². The van der Waals surface area contributed by atoms with E-state index in [-0.39, 0.29) is 24.2 Å². The van der Waals surface area contributed by atoms with Crippen molar-refractivity contribution in [2.24, 2.45) is 0 Å². The number of halogens is 1. The fraction of sp³-hybridized carbons (Fsp3) is 0.429. The fourth-order valence-corrected chi connectivity index (χ4v) is 4.05. The zero-order chi connectivity index (χ0) is 20.6. The Balaban J connectivity index is 1.40. The summed E-state index contributed by atoms with van der Waals surface area (Å²) in [6, 6.07) is 9.93. The first-order valence-electron chi connectivity index (χ1n) is 9.83. The van der Waals surface area contributed by atoms with Crippen molar-refractivity contribution >= 4 is 28.8 Å². The lowest BCUT2D eigenvalue weighted by molar-refractivity contribution is -0.133. The van der Waals surface area contributed by atoms with Crippen LogP contribution in [0.4, 0.5) is 10.1 Å². The molecular formula is C21H27FN4O2S. The molecule has 8 heteroatoms. The molecule has 1 N–H and O–H groups in total. The van der Waals surface area contributed by atoms with Crippen LogP contribution in [0, 0.1) is 5.82 Å². The van der Waals surface area contributed by atoms with Gasteiger partial charge in [0.25, 0.3) is 0 Å². The highest BCUT2D eigenvalue weighted by molar-refractivity contribution is 7.09. The number of hydrogen-bond acceptors (Lipinski definition) is 5. The maximum atomic E-state index is 13.2. The largest absolute Gasteiger partial charge is 0.337 e. The normalized spacial score (nSPS) is 15.2. The number of amides is 2. The van der Waals surface area contributed by atoms with Crippen molar-refractivity contribution in [3.05, 3.63) is 52.5 Å². The highest BCUT2D eigenvalue weighted by Gasteiger charge is 2.22. The number of hydrogen-bond donors (Lipinski definition) is 1. The van der Waals surface area contributed by atoms with Crippen LogP contribution in [0.15, 0.2) is 41.8 Å². The van der Waals surface area contributed by atoms with Gasteiger partial charge in [-0.3, -0.25) is 19.4 Å². The van der Waals surface area contributed by atoms with E-state index in [0.29, 0.717) is 25.3 Å². The summed E-state index contributed by atoms with van der Waals surface area (Å²) in [6.07, 6.45) is 0. The molecule has 156 valence electrons. The summed E-state index contributed by atoms with van der Waals surface area (Å²) in [4.78, 5) is 32.1. The van der Waals surface area contributed by atoms with E-state index >= 15 is 0 Å². The van der Waals surface area contributed by atoms with Crippen LogP contribution < -0.4 is 5.32 Å². The van der Waals surface area contributed by atoms with Gasteiger partial charge in [-0.25, -0.2) is 4.39 Å². The minimum Gasteiger partial charge on any atom is -0.337 e. The molecule has 1 aliphatic rings. The van der Waals surface area contributed by atoms with E-state index in [1.54, 1.807) is 23.5 Å². The number of rotatable bonds is 8. The van der Waals surface area contributed by atoms with Gasteiger partial charge in [0.2, 0.25) is 11.8 Å². The predicted molar refractivity (Wildman–Crippen MR) is 113 cm³/mol. The minimum atomic E-state index is -0.374. The molecule has 0 bridgehead atoms. The summed E-state index contributed by atoms with van der Waals surface area (Å²) < 4.78 is 13.2. The van der Waals surface area contributed by atoms with Crippen LogP contribution in [0.1, 0.15) is 11.8 Å². The van der Waals surface area contributed by atoms with E-state index in [1.807, 2.05) is 29.3 Å². The quantitative estimate of drug-likeness (QED) is 0.716. The Kier molecular flexibility index (Phi) is 7.74. The lowest BCUT2D eigenvalue weighted by Gasteiger charge is -2.34. The van der Waals surface area contributed by atoms with E-state index in [0.717, 1.165) is 26.2 Å². The number of piperazine rings is 1. The molecule has 0 unspecified atom stereocenters. The molecule has 1 aromatic carbocycles. The van der Waals surface area contributed by atoms with Crippen LogP contribution in [0.25, 0.3) is 0 Å². The zero-order valence-corrected chi connectivity index (χ0v) is 17.5. The molecule has 0 radical (unpaired) electrons. The SMILES string of the molecule is CCN(Cc1cccs1)C(=O)CN1CCN(CC(=O)Nc2cccc(F)c2)CC1. The summed E-state index contributed by atoms with van der Waals surface area (Å²) in [5.41, 5.74) is 0.463. The van der Waals surface area contributed by atoms with E-state index in [2.05, 4.69) is 15.1 Å². The summed E-state index contributed by atoms with van der Waals surface area (Å²) in [6.45, 7) is 6.96. The van der Waals surface area contributed by atoms with Gasteiger partial charge in [0.1, 0.15) is 5.82 Å². The second kappa shape index (κ2) is 10.5. The molecule has 6 nitrogen and oxygen atoms in total. The number of nitrogens with one attached hydrogen (secondary N) is 1. The summed E-state index contributed by atoms with van der Waals surface area (Å²) in [5.74, 6) is -0.396. The van der Waals surface area contributed by atoms with E-state index < -0.39 is 0 Å². The molecule has 0 saturated carbocycles. The van der Waals surface area contributed by atoms with Crippen molar-refractivity contribution in [3.63, 3.8) is 0 Å². The smallest absolute Gasteiger partial charge is 0.238 e. The van der Waals surface area contributed by atoms with Gasteiger partial charge in [-0.15, -0.1) is 11.3 Å². The van der Waals surface area contributed by atoms with Crippen molar-refractivity contribution < 1.29 is 14.0 Å². The molecule has 1 fully saturated rings. The molecule has 0 spiro atoms. The van der Waals surface area contributed by atoms with Gasteiger partial charge in [-0.2, -0.15) is 0 Å². The number of thiophene rings is 1. The van der Waals surface area contributed by atoms with Crippen molar-refractivity contribution in [2.45, 2.75) is 13.5 Å². The Hall–Kier alpha value is -2.29. The molecule has 2 aromatic rings. The third kappa shape index (κ3) is 6.62. The molecule has 0 atom stereocenters. The minimum absolute atomic E-state index is 0.137. The third-order valence-electron chi connectivity index (χ3n) is 4.96. The predicted octanol–water partition coefficient (Wildman–Crippen LogP) is 2.49. The van der Waals surface area contributed by atoms with Crippen LogP contribution in [-0.2, 0) is 16.1 Å². The maximum absolute atomic E-state index is 13.2. The van der Waals surface area contributed by atoms with Crippen molar-refractivity contribution in [2.75, 3.05) is 51.1 Å². The summed E-state index contributed by atoms with van der Waals surface area (Å²) in [7, 11) is 0. The zero-order valence-electron chi connectivity index (χ0n) is 16.6. The molecule has 2 heterocycles. The van der Waals surface area contributed by atoms with Gasteiger partial charge < -0.3 is 10.2 Å². The van der Waals surface area contributed by atoms with Gasteiger partial charge in [0, 0.05) is 43.3 Å². The number of carbonyl (C=O) groups excluding carboxylic acids is 2. The Morgan fingerprint density at radius 3 is 2.45 bits per heavy atom. The number of carbonyl (C=O) groups is 2. The molecule has 0 aliphatic carbocycles. The van der Waals surface area contributed by atoms with E-state index in [4.69, 9.17) is 0 Å². The number of likely N-dealkylation sites (N-methyl/N-ethyl adjacent to an activating group) is 1. The molecule has 3 rings (SSSR count). The van der Waals surface area contributed by atoms with Gasteiger partial charge >= 0.3 is 0 Å². The van der Waals surface area contributed by atoms with Crippen LogP contribution in [0.2, 0.25) is 0 Å². The number of nitrogens with zero attached hydrogens (tertiary/aromatic N) is 3. The average Bonchev–Trinajstić information content (AvgIpc) is 3.20. The molecule has 1 aromatic heterocycles. The highest BCUT2D eigenvalue weighted by atomic mass is 32.1. The average molecular weight is 419 g/mol. The standard InChI is InChI=1S/C21H27FN4O2S/c1-2-26(14-19-7-4-12-29-19)21(28)16-25-10-8-24(9-11-25)15-20(27)23-18-6-3-5-17(22)13-18/h3-7,12-13H,2,8-11,14-16H2,1H3,(H,23,27). The molecular weight excluding hydrogens is 391 g/mol. The lowest BCUT2D eigenvalue weighted by Crippen LogP contribution is -2.51. The van der Waals surface area contributed by atoms with Gasteiger partial charge in [0.05, 0.1) is 19.6 Å². The molecule has 29 heavy (non-hydrogen) atoms. The first-order valence-corrected chi connectivity index (χ1v) is 10.7. The second-order valence-electron chi connectivity index (χ2n) is 7.10. The topological polar surface area (TPSA) is 55.9 Å². The highest BCUT2D eigenvalue weighted by Crippen LogP contribution is 2.13. The number of anilines is 1. The first-order chi connectivity index (χ1) is 14.0. The van der Waals surface area contributed by atoms with Crippen LogP contribution in [0.5, 0.6) is 0 Å². The first kappa shape index (κ1) is 21.4. The van der Waals surface area contributed by atoms with Crippen molar-refractivity contribution in [3.8, 4) is 0 Å². The lowest BCUT2D eigenvalue weighted by atomic mass is 10.2. The monoisotopic (exact) mass is 418 g/mol. The Labute approximate surface area is 174 Å². The van der Waals surface area contributed by atoms with E-state index in [9.17, 15) is 14.0 Å². The summed E-state index contributed by atoms with van der Waals surface area (Å²) >= 11 is 1.66. The maximum Gasteiger partial charge on any atom is 0.238 e. The fourth-order valence-electron chi connectivity index (χ4n) is 3.33. The molecule has 2 amide bonds. The second-order valence-corrected chi connectivity index (χ2v) is 8.13. The Bertz CT molecular complexity index is 807. The Morgan fingerprint density at radius 1 is 1.10 bits per heavy atom. The van der Waals surface area contributed by atoms with Crippen molar-refractivity contribution in [1.82, 2.24) is 14.7 Å². The van der Waals surface area contributed by atoms with Crippen LogP contribution in [-0.4, -0.2) is 72.3 Å². The van der Waals surface area contributed by atoms with Gasteiger partial charge in [-0.1, -0.05) is 12.1 Å². The third-order valence-corrected chi connectivity index (χ3v) is 5.82. The van der Waals surface area contributed by atoms with E-state index in [1.165, 1.54) is 17.0 Å².